The zero-order chi connectivity index (χ0) is 17.9. The van der Waals surface area contributed by atoms with E-state index >= 15 is 0 Å². The van der Waals surface area contributed by atoms with Crippen LogP contribution in [0.15, 0.2) is 58.5 Å². The average molecular weight is 367 g/mol. The molecule has 0 unspecified atom stereocenters. The fourth-order valence-corrected chi connectivity index (χ4v) is 2.91. The molecule has 1 heterocycles. The molecule has 130 valence electrons. The highest BCUT2D eigenvalue weighted by molar-refractivity contribution is 7.99. The topological polar surface area (TPSA) is 71.0 Å². The van der Waals surface area contributed by atoms with Crippen molar-refractivity contribution in [1.82, 2.24) is 15.4 Å². The van der Waals surface area contributed by atoms with E-state index in [1.54, 1.807) is 12.1 Å². The number of rotatable bonds is 5. The largest absolute Gasteiger partial charge is 0.573 e. The van der Waals surface area contributed by atoms with Gasteiger partial charge >= 0.3 is 6.36 Å². The van der Waals surface area contributed by atoms with Gasteiger partial charge in [-0.1, -0.05) is 41.2 Å². The van der Waals surface area contributed by atoms with Gasteiger partial charge in [-0.25, -0.2) is 0 Å². The van der Waals surface area contributed by atoms with E-state index in [-0.39, 0.29) is 12.4 Å². The van der Waals surface area contributed by atoms with Crippen LogP contribution in [0, 0.1) is 0 Å². The second-order valence-electron chi connectivity index (χ2n) is 4.95. The Labute approximate surface area is 144 Å². The normalized spacial score (nSPS) is 11.5. The van der Waals surface area contributed by atoms with Crippen molar-refractivity contribution in [3.8, 4) is 16.9 Å². The molecule has 0 aliphatic rings. The highest BCUT2D eigenvalue weighted by Gasteiger charge is 2.30. The van der Waals surface area contributed by atoms with E-state index in [1.807, 2.05) is 24.3 Å². The molecule has 25 heavy (non-hydrogen) atoms. The first-order valence-corrected chi connectivity index (χ1v) is 7.91. The van der Waals surface area contributed by atoms with Crippen LogP contribution < -0.4 is 4.74 Å². The van der Waals surface area contributed by atoms with Gasteiger partial charge in [0.1, 0.15) is 10.8 Å². The Hall–Kier alpha value is -2.52. The number of aromatic amines is 1. The lowest BCUT2D eigenvalue weighted by Crippen LogP contribution is -2.16. The van der Waals surface area contributed by atoms with E-state index < -0.39 is 6.36 Å². The summed E-state index contributed by atoms with van der Waals surface area (Å²) in [6.07, 6.45) is -4.70. The predicted molar refractivity (Wildman–Crippen MR) is 85.0 cm³/mol. The second-order valence-corrected chi connectivity index (χ2v) is 6.01. The molecule has 2 aromatic carbocycles. The van der Waals surface area contributed by atoms with E-state index in [9.17, 15) is 13.2 Å². The van der Waals surface area contributed by atoms with Gasteiger partial charge < -0.3 is 9.84 Å². The zero-order valence-corrected chi connectivity index (χ0v) is 13.4. The lowest BCUT2D eigenvalue weighted by molar-refractivity contribution is -0.274. The highest BCUT2D eigenvalue weighted by Crippen LogP contribution is 2.31. The number of halogens is 3. The SMILES string of the molecule is OCc1[nH]nnc1Sc1ccc(-c2ccc(OC(F)(F)F)cc2)cc1. The molecule has 0 radical (unpaired) electrons. The lowest BCUT2D eigenvalue weighted by atomic mass is 10.1. The number of aliphatic hydroxyl groups excluding tert-OH is 1. The molecule has 0 aliphatic carbocycles. The van der Waals surface area contributed by atoms with Crippen molar-refractivity contribution >= 4 is 11.8 Å². The van der Waals surface area contributed by atoms with Crippen LogP contribution in [-0.2, 0) is 6.61 Å². The molecule has 0 fully saturated rings. The maximum absolute atomic E-state index is 12.2. The van der Waals surface area contributed by atoms with Crippen molar-refractivity contribution in [2.24, 2.45) is 0 Å². The van der Waals surface area contributed by atoms with Crippen LogP contribution in [0.2, 0.25) is 0 Å². The lowest BCUT2D eigenvalue weighted by Gasteiger charge is -2.09. The summed E-state index contributed by atoms with van der Waals surface area (Å²) in [5.41, 5.74) is 2.16. The minimum absolute atomic E-state index is 0.181. The van der Waals surface area contributed by atoms with Crippen molar-refractivity contribution in [1.29, 1.82) is 0 Å². The maximum atomic E-state index is 12.2. The van der Waals surface area contributed by atoms with Gasteiger partial charge in [-0.2, -0.15) is 0 Å². The second kappa shape index (κ2) is 7.16. The Morgan fingerprint density at radius 3 is 2.16 bits per heavy atom. The highest BCUT2D eigenvalue weighted by atomic mass is 32.2. The van der Waals surface area contributed by atoms with Crippen LogP contribution in [0.4, 0.5) is 13.2 Å². The van der Waals surface area contributed by atoms with Crippen molar-refractivity contribution < 1.29 is 23.0 Å². The standard InChI is InChI=1S/C16H12F3N3O2S/c17-16(18,19)24-12-5-1-10(2-6-12)11-3-7-13(8-4-11)25-15-14(9-23)20-22-21-15/h1-8,23H,9H2,(H,20,21,22). The van der Waals surface area contributed by atoms with Crippen molar-refractivity contribution in [2.75, 3.05) is 0 Å². The van der Waals surface area contributed by atoms with E-state index in [0.717, 1.165) is 16.0 Å². The number of hydrogen-bond donors (Lipinski definition) is 2. The van der Waals surface area contributed by atoms with Crippen LogP contribution in [0.25, 0.3) is 11.1 Å². The predicted octanol–water partition coefficient (Wildman–Crippen LogP) is 4.01. The van der Waals surface area contributed by atoms with Gasteiger partial charge in [-0.3, -0.25) is 5.10 Å². The summed E-state index contributed by atoms with van der Waals surface area (Å²) in [5, 5.41) is 19.9. The number of alkyl halides is 3. The molecule has 0 amide bonds. The van der Waals surface area contributed by atoms with Crippen molar-refractivity contribution in [3.05, 3.63) is 54.2 Å². The zero-order valence-electron chi connectivity index (χ0n) is 12.6. The van der Waals surface area contributed by atoms with Gasteiger partial charge in [0.15, 0.2) is 0 Å². The Kier molecular flexibility index (Phi) is 4.95. The van der Waals surface area contributed by atoms with E-state index in [2.05, 4.69) is 20.1 Å². The minimum Gasteiger partial charge on any atom is -0.406 e. The molecule has 0 saturated heterocycles. The molecule has 1 aromatic heterocycles. The van der Waals surface area contributed by atoms with E-state index in [4.69, 9.17) is 5.11 Å². The van der Waals surface area contributed by atoms with Gasteiger partial charge in [-0.15, -0.1) is 18.3 Å². The Morgan fingerprint density at radius 2 is 1.60 bits per heavy atom. The van der Waals surface area contributed by atoms with Crippen LogP contribution >= 0.6 is 11.8 Å². The molecule has 2 N–H and O–H groups in total. The fourth-order valence-electron chi connectivity index (χ4n) is 2.10. The summed E-state index contributed by atoms with van der Waals surface area (Å²) in [5.74, 6) is -0.258. The van der Waals surface area contributed by atoms with E-state index in [0.29, 0.717) is 10.7 Å². The minimum atomic E-state index is -4.70. The quantitative estimate of drug-likeness (QED) is 0.713. The van der Waals surface area contributed by atoms with Crippen LogP contribution in [-0.4, -0.2) is 26.9 Å². The fraction of sp³-hybridized carbons (Fsp3) is 0.125. The van der Waals surface area contributed by atoms with Gasteiger partial charge in [0.05, 0.1) is 12.3 Å². The van der Waals surface area contributed by atoms with E-state index in [1.165, 1.54) is 23.9 Å². The first kappa shape index (κ1) is 17.3. The van der Waals surface area contributed by atoms with Gasteiger partial charge in [0.2, 0.25) is 0 Å². The summed E-state index contributed by atoms with van der Waals surface area (Å²) < 4.78 is 40.4. The molecule has 0 saturated carbocycles. The van der Waals surface area contributed by atoms with Crippen molar-refractivity contribution in [3.63, 3.8) is 0 Å². The number of benzene rings is 2. The molecule has 0 spiro atoms. The number of aromatic nitrogens is 3. The number of H-pyrrole nitrogens is 1. The number of ether oxygens (including phenoxy) is 1. The molecule has 3 rings (SSSR count). The Bertz CT molecular complexity index is 833. The molecule has 5 nitrogen and oxygen atoms in total. The Balaban J connectivity index is 1.72. The maximum Gasteiger partial charge on any atom is 0.573 e. The van der Waals surface area contributed by atoms with Crippen LogP contribution in [0.5, 0.6) is 5.75 Å². The summed E-state index contributed by atoms with van der Waals surface area (Å²) >= 11 is 1.35. The molecule has 0 bridgehead atoms. The van der Waals surface area contributed by atoms with Crippen molar-refractivity contribution in [2.45, 2.75) is 22.9 Å². The molecular weight excluding hydrogens is 355 g/mol. The summed E-state index contributed by atoms with van der Waals surface area (Å²) in [6, 6.07) is 13.1. The first-order chi connectivity index (χ1) is 11.9. The third-order valence-corrected chi connectivity index (χ3v) is 4.26. The molecular formula is C16H12F3N3O2S. The molecule has 3 aromatic rings. The number of nitrogens with one attached hydrogen (secondary N) is 1. The summed E-state index contributed by atoms with van der Waals surface area (Å²) in [7, 11) is 0. The molecule has 0 atom stereocenters. The number of nitrogens with zero attached hydrogens (tertiary/aromatic N) is 2. The molecule has 0 aliphatic heterocycles. The summed E-state index contributed by atoms with van der Waals surface area (Å²) in [6.45, 7) is -0.181. The molecule has 9 heteroatoms. The third kappa shape index (κ3) is 4.52. The van der Waals surface area contributed by atoms with Crippen LogP contribution in [0.1, 0.15) is 5.69 Å². The average Bonchev–Trinajstić information content (AvgIpc) is 3.02. The smallest absolute Gasteiger partial charge is 0.406 e. The third-order valence-electron chi connectivity index (χ3n) is 3.23. The van der Waals surface area contributed by atoms with Gasteiger partial charge in [0.25, 0.3) is 0 Å². The number of hydrogen-bond acceptors (Lipinski definition) is 5. The Morgan fingerprint density at radius 1 is 1.00 bits per heavy atom. The first-order valence-electron chi connectivity index (χ1n) is 7.09. The van der Waals surface area contributed by atoms with Gasteiger partial charge in [0, 0.05) is 4.90 Å². The van der Waals surface area contributed by atoms with Gasteiger partial charge in [-0.05, 0) is 35.4 Å². The summed E-state index contributed by atoms with van der Waals surface area (Å²) in [4.78, 5) is 0.893. The van der Waals surface area contributed by atoms with Crippen LogP contribution in [0.3, 0.4) is 0 Å². The number of aliphatic hydroxyl groups is 1. The monoisotopic (exact) mass is 367 g/mol.